The molecule has 1 saturated heterocycles. The first kappa shape index (κ1) is 21.7. The summed E-state index contributed by atoms with van der Waals surface area (Å²) >= 11 is 0. The van der Waals surface area contributed by atoms with Gasteiger partial charge in [0.05, 0.1) is 37.5 Å². The molecule has 3 aromatic carbocycles. The lowest BCUT2D eigenvalue weighted by atomic mass is 9.94. The summed E-state index contributed by atoms with van der Waals surface area (Å²) in [4.78, 5) is 27.8. The third-order valence-corrected chi connectivity index (χ3v) is 5.50. The van der Waals surface area contributed by atoms with Crippen LogP contribution >= 0.6 is 0 Å². The van der Waals surface area contributed by atoms with Gasteiger partial charge in [-0.15, -0.1) is 0 Å². The molecular weight excluding hydrogens is 420 g/mol. The van der Waals surface area contributed by atoms with Crippen LogP contribution in [0.4, 0.5) is 5.69 Å². The minimum Gasteiger partial charge on any atom is -0.506 e. The number of aliphatic hydroxyl groups is 1. The molecule has 7 heteroatoms. The van der Waals surface area contributed by atoms with Crippen LogP contribution in [0.2, 0.25) is 0 Å². The Balaban J connectivity index is 1.99. The zero-order valence-corrected chi connectivity index (χ0v) is 18.0. The van der Waals surface area contributed by atoms with E-state index in [9.17, 15) is 14.7 Å². The minimum atomic E-state index is -0.895. The Labute approximate surface area is 190 Å². The quantitative estimate of drug-likeness (QED) is 0.363. The lowest BCUT2D eigenvalue weighted by molar-refractivity contribution is -0.132. The van der Waals surface area contributed by atoms with Crippen molar-refractivity contribution >= 4 is 23.1 Å². The van der Waals surface area contributed by atoms with E-state index < -0.39 is 23.5 Å². The largest absolute Gasteiger partial charge is 0.506 e. The second-order valence-electron chi connectivity index (χ2n) is 7.28. The first-order chi connectivity index (χ1) is 16.0. The smallest absolute Gasteiger partial charge is 0.300 e. The lowest BCUT2D eigenvalue weighted by Gasteiger charge is -2.25. The molecule has 0 saturated carbocycles. The standard InChI is InChI=1S/C26H20N2O5/c1-32-19-9-6-10-20(33-2)21(19)24(29)22-23(17-7-4-3-5-8-17)28(26(31)25(22)30)18-13-11-16(15-27)12-14-18/h3-14,23,29H,1-2H3/b24-22+. The van der Waals surface area contributed by atoms with Crippen LogP contribution < -0.4 is 14.4 Å². The number of amides is 1. The second-order valence-corrected chi connectivity index (χ2v) is 7.28. The number of ether oxygens (including phenoxy) is 2. The van der Waals surface area contributed by atoms with Gasteiger partial charge in [-0.3, -0.25) is 14.5 Å². The Bertz CT molecular complexity index is 1270. The van der Waals surface area contributed by atoms with Crippen LogP contribution in [0.25, 0.3) is 5.76 Å². The number of methoxy groups -OCH3 is 2. The fraction of sp³-hybridized carbons (Fsp3) is 0.115. The van der Waals surface area contributed by atoms with Crippen molar-refractivity contribution in [3.8, 4) is 17.6 Å². The highest BCUT2D eigenvalue weighted by molar-refractivity contribution is 6.51. The highest BCUT2D eigenvalue weighted by atomic mass is 16.5. The molecule has 1 amide bonds. The molecule has 0 bridgehead atoms. The number of ketones is 1. The summed E-state index contributed by atoms with van der Waals surface area (Å²) in [7, 11) is 2.88. The van der Waals surface area contributed by atoms with Crippen molar-refractivity contribution in [2.45, 2.75) is 6.04 Å². The summed E-state index contributed by atoms with van der Waals surface area (Å²) in [5, 5.41) is 20.5. The van der Waals surface area contributed by atoms with Gasteiger partial charge in [-0.25, -0.2) is 0 Å². The van der Waals surface area contributed by atoms with E-state index in [4.69, 9.17) is 14.7 Å². The van der Waals surface area contributed by atoms with Crippen molar-refractivity contribution in [3.63, 3.8) is 0 Å². The normalized spacial score (nSPS) is 17.0. The maximum Gasteiger partial charge on any atom is 0.300 e. The van der Waals surface area contributed by atoms with Gasteiger partial charge in [0.2, 0.25) is 0 Å². The number of benzene rings is 3. The maximum atomic E-state index is 13.3. The monoisotopic (exact) mass is 440 g/mol. The Morgan fingerprint density at radius 2 is 1.52 bits per heavy atom. The summed E-state index contributed by atoms with van der Waals surface area (Å²) in [6.45, 7) is 0. The van der Waals surface area contributed by atoms with Crippen LogP contribution in [-0.2, 0) is 9.59 Å². The number of anilines is 1. The molecule has 1 atom stereocenters. The molecule has 0 spiro atoms. The number of aliphatic hydroxyl groups excluding tert-OH is 1. The summed E-state index contributed by atoms with van der Waals surface area (Å²) in [5.41, 5.74) is 1.58. The average Bonchev–Trinajstić information content (AvgIpc) is 3.13. The van der Waals surface area contributed by atoms with Crippen molar-refractivity contribution in [1.82, 2.24) is 0 Å². The first-order valence-electron chi connectivity index (χ1n) is 10.1. The van der Waals surface area contributed by atoms with Gasteiger partial charge >= 0.3 is 0 Å². The van der Waals surface area contributed by atoms with Crippen LogP contribution in [-0.4, -0.2) is 31.0 Å². The molecule has 3 aromatic rings. The van der Waals surface area contributed by atoms with Gasteiger partial charge < -0.3 is 14.6 Å². The van der Waals surface area contributed by atoms with E-state index in [-0.39, 0.29) is 11.1 Å². The summed E-state index contributed by atoms with van der Waals surface area (Å²) < 4.78 is 10.8. The Morgan fingerprint density at radius 3 is 2.06 bits per heavy atom. The Hall–Kier alpha value is -4.57. The van der Waals surface area contributed by atoms with Crippen molar-refractivity contribution in [2.75, 3.05) is 19.1 Å². The van der Waals surface area contributed by atoms with Crippen molar-refractivity contribution in [3.05, 3.63) is 95.1 Å². The molecule has 0 aliphatic carbocycles. The molecule has 33 heavy (non-hydrogen) atoms. The average molecular weight is 440 g/mol. The number of carbonyl (C=O) groups is 2. The van der Waals surface area contributed by atoms with Crippen LogP contribution in [0.1, 0.15) is 22.7 Å². The topological polar surface area (TPSA) is 99.9 Å². The van der Waals surface area contributed by atoms with E-state index in [1.807, 2.05) is 12.1 Å². The first-order valence-corrected chi connectivity index (χ1v) is 10.1. The van der Waals surface area contributed by atoms with E-state index in [0.29, 0.717) is 28.3 Å². The summed E-state index contributed by atoms with van der Waals surface area (Å²) in [5.74, 6) is -1.43. The fourth-order valence-electron chi connectivity index (χ4n) is 3.97. The van der Waals surface area contributed by atoms with Gasteiger partial charge in [0.25, 0.3) is 11.7 Å². The number of hydrogen-bond donors (Lipinski definition) is 1. The van der Waals surface area contributed by atoms with Gasteiger partial charge in [0.15, 0.2) is 0 Å². The van der Waals surface area contributed by atoms with Crippen LogP contribution in [0.5, 0.6) is 11.5 Å². The third-order valence-electron chi connectivity index (χ3n) is 5.50. The van der Waals surface area contributed by atoms with Gasteiger partial charge in [-0.2, -0.15) is 5.26 Å². The maximum absolute atomic E-state index is 13.3. The molecule has 1 aliphatic rings. The van der Waals surface area contributed by atoms with E-state index in [0.717, 1.165) is 0 Å². The predicted molar refractivity (Wildman–Crippen MR) is 122 cm³/mol. The molecule has 164 valence electrons. The predicted octanol–water partition coefficient (Wildman–Crippen LogP) is 4.20. The molecule has 1 heterocycles. The number of hydrogen-bond acceptors (Lipinski definition) is 6. The zero-order valence-electron chi connectivity index (χ0n) is 18.0. The number of nitriles is 1. The van der Waals surface area contributed by atoms with Crippen molar-refractivity contribution in [2.24, 2.45) is 0 Å². The molecule has 1 unspecified atom stereocenters. The molecule has 1 aliphatic heterocycles. The zero-order chi connectivity index (χ0) is 23.5. The number of rotatable bonds is 5. The van der Waals surface area contributed by atoms with Crippen LogP contribution in [0.15, 0.2) is 78.4 Å². The van der Waals surface area contributed by atoms with Gasteiger partial charge in [0, 0.05) is 5.69 Å². The van der Waals surface area contributed by atoms with Crippen molar-refractivity contribution < 1.29 is 24.2 Å². The highest BCUT2D eigenvalue weighted by Crippen LogP contribution is 2.45. The molecule has 4 rings (SSSR count). The Kier molecular flexibility index (Phi) is 5.83. The molecule has 0 radical (unpaired) electrons. The van der Waals surface area contributed by atoms with E-state index in [2.05, 4.69) is 0 Å². The molecule has 0 aromatic heterocycles. The van der Waals surface area contributed by atoms with Gasteiger partial charge in [-0.05, 0) is 42.0 Å². The SMILES string of the molecule is COc1cccc(OC)c1/C(O)=C1\C(=O)C(=O)N(c2ccc(C#N)cc2)C1c1ccccc1. The third kappa shape index (κ3) is 3.68. The summed E-state index contributed by atoms with van der Waals surface area (Å²) in [6.07, 6.45) is 0. The van der Waals surface area contributed by atoms with E-state index in [1.165, 1.54) is 19.1 Å². The molecule has 1 N–H and O–H groups in total. The lowest BCUT2D eigenvalue weighted by Crippen LogP contribution is -2.29. The second kappa shape index (κ2) is 8.89. The number of Topliss-reactive ketones (excluding diaryl/α,β-unsaturated/α-hetero) is 1. The summed E-state index contributed by atoms with van der Waals surface area (Å²) in [6, 6.07) is 21.4. The number of nitrogens with zero attached hydrogens (tertiary/aromatic N) is 2. The Morgan fingerprint density at radius 1 is 0.909 bits per heavy atom. The van der Waals surface area contributed by atoms with Gasteiger partial charge in [-0.1, -0.05) is 36.4 Å². The van der Waals surface area contributed by atoms with Crippen molar-refractivity contribution in [1.29, 1.82) is 5.26 Å². The molecule has 1 fully saturated rings. The highest BCUT2D eigenvalue weighted by Gasteiger charge is 2.47. The fourth-order valence-corrected chi connectivity index (χ4v) is 3.97. The minimum absolute atomic E-state index is 0.0849. The van der Waals surface area contributed by atoms with E-state index in [1.54, 1.807) is 66.7 Å². The van der Waals surface area contributed by atoms with E-state index >= 15 is 0 Å². The molecule has 7 nitrogen and oxygen atoms in total. The van der Waals surface area contributed by atoms with Crippen LogP contribution in [0, 0.1) is 11.3 Å². The van der Waals surface area contributed by atoms with Crippen LogP contribution in [0.3, 0.4) is 0 Å². The van der Waals surface area contributed by atoms with Gasteiger partial charge in [0.1, 0.15) is 22.8 Å². The molecular formula is C26H20N2O5. The number of carbonyl (C=O) groups excluding carboxylic acids is 2.